The molecule has 0 saturated carbocycles. The Bertz CT molecular complexity index is 1200. The molecule has 9 heteroatoms. The molecule has 4 rings (SSSR count). The number of hydrogen-bond acceptors (Lipinski definition) is 7. The molecule has 0 fully saturated rings. The van der Waals surface area contributed by atoms with E-state index in [0.717, 1.165) is 5.69 Å². The monoisotopic (exact) mass is 444 g/mol. The van der Waals surface area contributed by atoms with E-state index in [2.05, 4.69) is 20.3 Å². The fourth-order valence-electron chi connectivity index (χ4n) is 2.88. The van der Waals surface area contributed by atoms with Crippen LogP contribution in [0.4, 0.5) is 11.5 Å². The topological polar surface area (TPSA) is 86.2 Å². The van der Waals surface area contributed by atoms with Crippen molar-refractivity contribution >= 4 is 69.5 Å². The van der Waals surface area contributed by atoms with Crippen molar-refractivity contribution in [3.63, 3.8) is 0 Å². The minimum absolute atomic E-state index is 0. The van der Waals surface area contributed by atoms with Gasteiger partial charge in [0.2, 0.25) is 0 Å². The van der Waals surface area contributed by atoms with Crippen molar-refractivity contribution in [3.05, 3.63) is 77.8 Å². The first kappa shape index (κ1) is 23.0. The van der Waals surface area contributed by atoms with Crippen LogP contribution < -0.4 is 14.8 Å². The van der Waals surface area contributed by atoms with Gasteiger partial charge in [0.05, 0.1) is 21.6 Å². The second-order valence-corrected chi connectivity index (χ2v) is 6.75. The number of hydrogen-bond donors (Lipinski definition) is 1. The molecule has 31 heavy (non-hydrogen) atoms. The Kier molecular flexibility index (Phi) is 7.81. The van der Waals surface area contributed by atoms with Crippen molar-refractivity contribution in [3.8, 4) is 11.5 Å². The third-order valence-corrected chi connectivity index (χ3v) is 4.47. The number of pyridine rings is 1. The number of nitrogens with zero attached hydrogens (tertiary/aromatic N) is 3. The van der Waals surface area contributed by atoms with Gasteiger partial charge < -0.3 is 14.8 Å². The third-order valence-electron chi connectivity index (χ3n) is 4.17. The number of carbonyl (C=O) groups excluding carboxylic acids is 1. The molecule has 4 aromatic rings. The molecular weight excluding hydrogens is 427 g/mol. The molecule has 152 valence electrons. The van der Waals surface area contributed by atoms with Gasteiger partial charge in [-0.3, -0.25) is 9.78 Å². The van der Waals surface area contributed by atoms with Crippen molar-refractivity contribution < 1.29 is 14.3 Å². The molecule has 2 aromatic heterocycles. The van der Waals surface area contributed by atoms with Crippen molar-refractivity contribution in [2.24, 2.45) is 0 Å². The summed E-state index contributed by atoms with van der Waals surface area (Å²) in [5.41, 5.74) is 2.15. The van der Waals surface area contributed by atoms with Gasteiger partial charge in [-0.05, 0) is 42.5 Å². The Morgan fingerprint density at radius 2 is 1.90 bits per heavy atom. The van der Waals surface area contributed by atoms with E-state index in [9.17, 15) is 4.79 Å². The first-order chi connectivity index (χ1) is 14.6. The summed E-state index contributed by atoms with van der Waals surface area (Å²) in [7, 11) is 0. The SMILES string of the molecule is CC(=O)Oc1cccc2ncnc(Nc3ccc(OCc4ccccn4)c(Cl)c3)c12.[NaH]. The second-order valence-electron chi connectivity index (χ2n) is 6.35. The van der Waals surface area contributed by atoms with Crippen molar-refractivity contribution in [1.82, 2.24) is 15.0 Å². The fourth-order valence-corrected chi connectivity index (χ4v) is 3.12. The normalized spacial score (nSPS) is 10.3. The molecule has 1 N–H and O–H groups in total. The quantitative estimate of drug-likeness (QED) is 0.270. The first-order valence-corrected chi connectivity index (χ1v) is 9.49. The summed E-state index contributed by atoms with van der Waals surface area (Å²) >= 11 is 6.39. The van der Waals surface area contributed by atoms with Gasteiger partial charge in [-0.2, -0.15) is 0 Å². The molecular formula is C22H18ClN4NaO3. The maximum atomic E-state index is 11.5. The first-order valence-electron chi connectivity index (χ1n) is 9.11. The minimum atomic E-state index is -0.422. The van der Waals surface area contributed by atoms with Gasteiger partial charge in [-0.25, -0.2) is 9.97 Å². The van der Waals surface area contributed by atoms with Crippen LogP contribution >= 0.6 is 11.6 Å². The predicted molar refractivity (Wildman–Crippen MR) is 121 cm³/mol. The van der Waals surface area contributed by atoms with Gasteiger partial charge in [0.25, 0.3) is 0 Å². The zero-order chi connectivity index (χ0) is 20.9. The molecule has 0 radical (unpaired) electrons. The number of halogens is 1. The van der Waals surface area contributed by atoms with E-state index in [1.807, 2.05) is 30.3 Å². The molecule has 2 heterocycles. The Morgan fingerprint density at radius 1 is 1.03 bits per heavy atom. The fraction of sp³-hybridized carbons (Fsp3) is 0.0909. The zero-order valence-electron chi connectivity index (χ0n) is 16.0. The average molecular weight is 445 g/mol. The summed E-state index contributed by atoms with van der Waals surface area (Å²) in [5.74, 6) is 0.996. The molecule has 0 bridgehead atoms. The molecule has 0 unspecified atom stereocenters. The number of anilines is 2. The number of ether oxygens (including phenoxy) is 2. The molecule has 7 nitrogen and oxygen atoms in total. The van der Waals surface area contributed by atoms with E-state index in [1.54, 1.807) is 30.5 Å². The van der Waals surface area contributed by atoms with Crippen molar-refractivity contribution in [2.45, 2.75) is 13.5 Å². The molecule has 0 amide bonds. The Labute approximate surface area is 206 Å². The predicted octanol–water partition coefficient (Wildman–Crippen LogP) is 4.28. The van der Waals surface area contributed by atoms with Crippen LogP contribution in [0.25, 0.3) is 10.9 Å². The molecule has 0 saturated heterocycles. The van der Waals surface area contributed by atoms with Crippen LogP contribution in [0.5, 0.6) is 11.5 Å². The summed E-state index contributed by atoms with van der Waals surface area (Å²) < 4.78 is 11.1. The second kappa shape index (κ2) is 10.5. The van der Waals surface area contributed by atoms with Crippen LogP contribution in [-0.2, 0) is 11.4 Å². The van der Waals surface area contributed by atoms with Crippen molar-refractivity contribution in [2.75, 3.05) is 5.32 Å². The van der Waals surface area contributed by atoms with Crippen LogP contribution in [-0.4, -0.2) is 50.5 Å². The standard InChI is InChI=1S/C22H17ClN4O3.Na.H/c1-14(28)30-20-7-4-6-18-21(20)22(26-13-25-18)27-15-8-9-19(17(23)11-15)29-12-16-5-2-3-10-24-16;;/h2-11,13H,12H2,1H3,(H,25,26,27);;. The van der Waals surface area contributed by atoms with Gasteiger partial charge in [-0.1, -0.05) is 23.7 Å². The molecule has 2 aromatic carbocycles. The maximum absolute atomic E-state index is 11.5. The van der Waals surface area contributed by atoms with Crippen LogP contribution in [0.15, 0.2) is 67.1 Å². The summed E-state index contributed by atoms with van der Waals surface area (Å²) in [6.45, 7) is 1.66. The molecule has 0 aliphatic carbocycles. The molecule has 0 aliphatic heterocycles. The average Bonchev–Trinajstić information content (AvgIpc) is 2.74. The summed E-state index contributed by atoms with van der Waals surface area (Å²) in [4.78, 5) is 24.2. The van der Waals surface area contributed by atoms with Crippen LogP contribution in [0.2, 0.25) is 5.02 Å². The number of rotatable bonds is 6. The van der Waals surface area contributed by atoms with E-state index in [0.29, 0.717) is 45.5 Å². The number of benzene rings is 2. The van der Waals surface area contributed by atoms with Crippen molar-refractivity contribution in [1.29, 1.82) is 0 Å². The molecule has 0 atom stereocenters. The number of esters is 1. The van der Waals surface area contributed by atoms with Crippen LogP contribution in [0, 0.1) is 0 Å². The number of fused-ring (bicyclic) bond motifs is 1. The Morgan fingerprint density at radius 3 is 2.65 bits per heavy atom. The van der Waals surface area contributed by atoms with E-state index in [-0.39, 0.29) is 29.6 Å². The summed E-state index contributed by atoms with van der Waals surface area (Å²) in [6, 6.07) is 16.2. The van der Waals surface area contributed by atoms with Gasteiger partial charge in [0.1, 0.15) is 30.3 Å². The molecule has 0 spiro atoms. The van der Waals surface area contributed by atoms with Crippen LogP contribution in [0.1, 0.15) is 12.6 Å². The van der Waals surface area contributed by atoms with E-state index in [4.69, 9.17) is 21.1 Å². The third kappa shape index (κ3) is 5.71. The Balaban J connectivity index is 0.00000272. The summed E-state index contributed by atoms with van der Waals surface area (Å²) in [6.07, 6.45) is 3.15. The number of nitrogens with one attached hydrogen (secondary N) is 1. The van der Waals surface area contributed by atoms with Gasteiger partial charge >= 0.3 is 35.5 Å². The molecule has 0 aliphatic rings. The number of carbonyl (C=O) groups is 1. The van der Waals surface area contributed by atoms with E-state index >= 15 is 0 Å². The number of aromatic nitrogens is 3. The van der Waals surface area contributed by atoms with Gasteiger partial charge in [0, 0.05) is 18.8 Å². The van der Waals surface area contributed by atoms with Crippen LogP contribution in [0.3, 0.4) is 0 Å². The summed E-state index contributed by atoms with van der Waals surface area (Å²) in [5, 5.41) is 4.25. The Hall–Kier alpha value is -2.71. The van der Waals surface area contributed by atoms with Gasteiger partial charge in [-0.15, -0.1) is 0 Å². The zero-order valence-corrected chi connectivity index (χ0v) is 16.8. The van der Waals surface area contributed by atoms with E-state index < -0.39 is 5.97 Å². The van der Waals surface area contributed by atoms with Gasteiger partial charge in [0.15, 0.2) is 0 Å². The van der Waals surface area contributed by atoms with E-state index in [1.165, 1.54) is 13.3 Å².